The van der Waals surface area contributed by atoms with Gasteiger partial charge in [0.1, 0.15) is 5.82 Å². The molecule has 0 aliphatic heterocycles. The van der Waals surface area contributed by atoms with Gasteiger partial charge >= 0.3 is 5.97 Å². The molecule has 19 heavy (non-hydrogen) atoms. The number of nitrogens with two attached hydrogens (primary N) is 1. The summed E-state index contributed by atoms with van der Waals surface area (Å²) >= 11 is 5.63. The quantitative estimate of drug-likeness (QED) is 0.863. The van der Waals surface area contributed by atoms with Crippen molar-refractivity contribution in [2.24, 2.45) is 5.14 Å². The minimum absolute atomic E-state index is 0.369. The van der Waals surface area contributed by atoms with Crippen molar-refractivity contribution in [1.82, 2.24) is 0 Å². The lowest BCUT2D eigenvalue weighted by atomic mass is 10.2. The molecule has 0 spiro atoms. The lowest BCUT2D eigenvalue weighted by molar-refractivity contribution is 0.0334. The third-order valence-corrected chi connectivity index (χ3v) is 3.71. The van der Waals surface area contributed by atoms with E-state index in [1.54, 1.807) is 13.8 Å². The van der Waals surface area contributed by atoms with Crippen LogP contribution in [0.5, 0.6) is 0 Å². The number of primary sulfonamides is 1. The number of hydrogen-bond acceptors (Lipinski definition) is 4. The van der Waals surface area contributed by atoms with Crippen molar-refractivity contribution >= 4 is 27.6 Å². The van der Waals surface area contributed by atoms with Gasteiger partial charge in [-0.3, -0.25) is 0 Å². The Kier molecular flexibility index (Phi) is 4.89. The topological polar surface area (TPSA) is 86.5 Å². The number of benzene rings is 1. The summed E-state index contributed by atoms with van der Waals surface area (Å²) in [5, 5.41) is 4.38. The Hall–Kier alpha value is -1.18. The van der Waals surface area contributed by atoms with Gasteiger partial charge in [-0.15, -0.1) is 0 Å². The normalized spacial score (nSPS) is 13.1. The van der Waals surface area contributed by atoms with Crippen LogP contribution in [0, 0.1) is 5.82 Å². The number of halogens is 2. The predicted molar refractivity (Wildman–Crippen MR) is 68.0 cm³/mol. The predicted octanol–water partition coefficient (Wildman–Crippen LogP) is 2.08. The minimum Gasteiger partial charge on any atom is -0.459 e. The number of rotatable bonds is 4. The molecule has 0 amide bonds. The fourth-order valence-electron chi connectivity index (χ4n) is 1.21. The van der Waals surface area contributed by atoms with Crippen molar-refractivity contribution in [1.29, 1.82) is 0 Å². The first-order chi connectivity index (χ1) is 8.66. The van der Waals surface area contributed by atoms with Crippen molar-refractivity contribution < 1.29 is 22.3 Å². The molecule has 1 unspecified atom stereocenters. The second-order valence-electron chi connectivity index (χ2n) is 3.94. The molecule has 0 aliphatic carbocycles. The maximum atomic E-state index is 13.5. The van der Waals surface area contributed by atoms with Crippen LogP contribution in [0.1, 0.15) is 30.6 Å². The molecule has 0 saturated heterocycles. The molecule has 0 bridgehead atoms. The second kappa shape index (κ2) is 5.85. The summed E-state index contributed by atoms with van der Waals surface area (Å²) < 4.78 is 40.8. The number of carbonyl (C=O) groups is 1. The van der Waals surface area contributed by atoms with Crippen LogP contribution in [0.25, 0.3) is 0 Å². The molecule has 2 N–H and O–H groups in total. The van der Waals surface area contributed by atoms with Crippen LogP contribution in [0.3, 0.4) is 0 Å². The van der Waals surface area contributed by atoms with Crippen molar-refractivity contribution in [3.05, 3.63) is 28.5 Å². The van der Waals surface area contributed by atoms with Gasteiger partial charge in [-0.05, 0) is 25.5 Å². The van der Waals surface area contributed by atoms with Gasteiger partial charge in [-0.2, -0.15) is 0 Å². The molecule has 0 heterocycles. The van der Waals surface area contributed by atoms with Gasteiger partial charge in [0.15, 0.2) is 0 Å². The minimum atomic E-state index is -4.14. The van der Waals surface area contributed by atoms with Crippen molar-refractivity contribution in [2.75, 3.05) is 0 Å². The first kappa shape index (κ1) is 15.9. The van der Waals surface area contributed by atoms with Gasteiger partial charge in [-0.1, -0.05) is 18.5 Å². The molecular weight excluding hydrogens is 297 g/mol. The Balaban J connectivity index is 3.27. The van der Waals surface area contributed by atoms with Crippen LogP contribution in [-0.2, 0) is 14.8 Å². The summed E-state index contributed by atoms with van der Waals surface area (Å²) in [5.74, 6) is -1.95. The lowest BCUT2D eigenvalue weighted by Crippen LogP contribution is -2.17. The van der Waals surface area contributed by atoms with Crippen LogP contribution in [0.4, 0.5) is 4.39 Å². The zero-order valence-corrected chi connectivity index (χ0v) is 11.9. The van der Waals surface area contributed by atoms with E-state index in [1.165, 1.54) is 0 Å². The zero-order valence-electron chi connectivity index (χ0n) is 10.3. The Bertz CT molecular complexity index is 603. The maximum absolute atomic E-state index is 13.5. The molecule has 0 aliphatic rings. The molecule has 0 aromatic heterocycles. The number of ether oxygens (including phenoxy) is 1. The summed E-state index contributed by atoms with van der Waals surface area (Å²) in [5.41, 5.74) is -0.369. The second-order valence-corrected chi connectivity index (χ2v) is 5.88. The molecular formula is C11H13ClFNO4S. The number of sulfonamides is 1. The van der Waals surface area contributed by atoms with Crippen LogP contribution >= 0.6 is 11.6 Å². The Morgan fingerprint density at radius 3 is 2.58 bits per heavy atom. The summed E-state index contributed by atoms with van der Waals surface area (Å²) in [6.07, 6.45) is 0.158. The molecule has 1 aromatic carbocycles. The molecule has 0 saturated carbocycles. The Morgan fingerprint density at radius 2 is 2.11 bits per heavy atom. The third kappa shape index (κ3) is 3.89. The van der Waals surface area contributed by atoms with E-state index in [0.29, 0.717) is 12.5 Å². The molecule has 8 heteroatoms. The monoisotopic (exact) mass is 309 g/mol. The Morgan fingerprint density at radius 1 is 1.53 bits per heavy atom. The highest BCUT2D eigenvalue weighted by Crippen LogP contribution is 2.25. The smallest absolute Gasteiger partial charge is 0.340 e. The highest BCUT2D eigenvalue weighted by atomic mass is 35.5. The summed E-state index contributed by atoms with van der Waals surface area (Å²) in [6, 6.07) is 1.54. The summed E-state index contributed by atoms with van der Waals surface area (Å²) in [4.78, 5) is 11.2. The summed E-state index contributed by atoms with van der Waals surface area (Å²) in [6.45, 7) is 3.44. The summed E-state index contributed by atoms with van der Waals surface area (Å²) in [7, 11) is -4.14. The molecule has 106 valence electrons. The third-order valence-electron chi connectivity index (χ3n) is 2.43. The molecule has 1 rings (SSSR count). The van der Waals surface area contributed by atoms with Crippen molar-refractivity contribution in [2.45, 2.75) is 31.3 Å². The highest BCUT2D eigenvalue weighted by Gasteiger charge is 2.21. The van der Waals surface area contributed by atoms with Gasteiger partial charge in [0, 0.05) is 0 Å². The van der Waals surface area contributed by atoms with Crippen LogP contribution in [0.15, 0.2) is 17.0 Å². The first-order valence-corrected chi connectivity index (χ1v) is 7.32. The van der Waals surface area contributed by atoms with E-state index in [2.05, 4.69) is 0 Å². The Labute approximate surface area is 115 Å². The van der Waals surface area contributed by atoms with Gasteiger partial charge in [0.05, 0.1) is 21.6 Å². The largest absolute Gasteiger partial charge is 0.459 e. The maximum Gasteiger partial charge on any atom is 0.340 e. The van der Waals surface area contributed by atoms with Gasteiger partial charge in [-0.25, -0.2) is 22.7 Å². The fraction of sp³-hybridized carbons (Fsp3) is 0.364. The fourth-order valence-corrected chi connectivity index (χ4v) is 1.94. The lowest BCUT2D eigenvalue weighted by Gasteiger charge is -2.12. The SMILES string of the molecule is CCC(C)OC(=O)c1cc(S(N)(=O)=O)cc(F)c1Cl. The van der Waals surface area contributed by atoms with Crippen molar-refractivity contribution in [3.63, 3.8) is 0 Å². The standard InChI is InChI=1S/C11H13ClFNO4S/c1-3-6(2)18-11(15)8-4-7(19(14,16)17)5-9(13)10(8)12/h4-6H,3H2,1-2H3,(H2,14,16,17). The molecule has 0 fully saturated rings. The number of esters is 1. The van der Waals surface area contributed by atoms with E-state index < -0.39 is 37.8 Å². The van der Waals surface area contributed by atoms with Crippen molar-refractivity contribution in [3.8, 4) is 0 Å². The number of carbonyl (C=O) groups excluding carboxylic acids is 1. The van der Waals surface area contributed by atoms with Crippen LogP contribution in [-0.4, -0.2) is 20.5 Å². The van der Waals surface area contributed by atoms with Gasteiger partial charge < -0.3 is 4.74 Å². The van der Waals surface area contributed by atoms with E-state index in [9.17, 15) is 17.6 Å². The molecule has 0 radical (unpaired) electrons. The number of hydrogen-bond donors (Lipinski definition) is 1. The van der Waals surface area contributed by atoms with E-state index in [-0.39, 0.29) is 5.56 Å². The zero-order chi connectivity index (χ0) is 14.8. The average Bonchev–Trinajstić information content (AvgIpc) is 2.30. The van der Waals surface area contributed by atoms with E-state index >= 15 is 0 Å². The highest BCUT2D eigenvalue weighted by molar-refractivity contribution is 7.89. The first-order valence-electron chi connectivity index (χ1n) is 5.39. The van der Waals surface area contributed by atoms with Crippen LogP contribution in [0.2, 0.25) is 5.02 Å². The van der Waals surface area contributed by atoms with Crippen LogP contribution < -0.4 is 5.14 Å². The molecule has 5 nitrogen and oxygen atoms in total. The van der Waals surface area contributed by atoms with Gasteiger partial charge in [0.2, 0.25) is 10.0 Å². The van der Waals surface area contributed by atoms with Gasteiger partial charge in [0.25, 0.3) is 0 Å². The van der Waals surface area contributed by atoms with E-state index in [4.69, 9.17) is 21.5 Å². The van der Waals surface area contributed by atoms with E-state index in [1.807, 2.05) is 0 Å². The molecule has 1 atom stereocenters. The average molecular weight is 310 g/mol. The van der Waals surface area contributed by atoms with E-state index in [0.717, 1.165) is 6.07 Å². The molecule has 1 aromatic rings.